The highest BCUT2D eigenvalue weighted by atomic mass is 16.5. The van der Waals surface area contributed by atoms with Crippen molar-refractivity contribution in [2.24, 2.45) is 5.73 Å². The van der Waals surface area contributed by atoms with Gasteiger partial charge in [0.1, 0.15) is 12.1 Å². The van der Waals surface area contributed by atoms with Gasteiger partial charge in [0, 0.05) is 0 Å². The number of benzene rings is 2. The number of nitrogens with one attached hydrogen (secondary N) is 1. The molecule has 3 N–H and O–H groups in total. The summed E-state index contributed by atoms with van der Waals surface area (Å²) in [7, 11) is 1.66. The molecule has 122 valence electrons. The molecule has 4 rings (SSSR count). The molecule has 0 saturated heterocycles. The molecule has 0 amide bonds. The Kier molecular flexibility index (Phi) is 3.66. The number of anilines is 1. The molecule has 1 aromatic heterocycles. The lowest BCUT2D eigenvalue weighted by Gasteiger charge is -2.37. The van der Waals surface area contributed by atoms with Gasteiger partial charge in [-0.15, -0.1) is 0 Å². The van der Waals surface area contributed by atoms with Crippen molar-refractivity contribution in [3.8, 4) is 5.75 Å². The minimum Gasteiger partial charge on any atom is -0.497 e. The zero-order valence-corrected chi connectivity index (χ0v) is 13.3. The Labute approximate surface area is 140 Å². The van der Waals surface area contributed by atoms with Crippen molar-refractivity contribution in [3.05, 3.63) is 72.1 Å². The van der Waals surface area contributed by atoms with E-state index in [-0.39, 0.29) is 18.1 Å². The van der Waals surface area contributed by atoms with Crippen molar-refractivity contribution >= 4 is 5.95 Å². The lowest BCUT2D eigenvalue weighted by atomic mass is 9.89. The molecule has 6 nitrogen and oxygen atoms in total. The summed E-state index contributed by atoms with van der Waals surface area (Å²) < 4.78 is 7.10. The normalized spacial score (nSPS) is 22.5. The first kappa shape index (κ1) is 14.7. The molecule has 0 radical (unpaired) electrons. The average molecular weight is 321 g/mol. The third kappa shape index (κ3) is 2.41. The van der Waals surface area contributed by atoms with Crippen LogP contribution in [0.1, 0.15) is 23.2 Å². The monoisotopic (exact) mass is 321 g/mol. The molecule has 24 heavy (non-hydrogen) atoms. The van der Waals surface area contributed by atoms with Gasteiger partial charge < -0.3 is 15.8 Å². The van der Waals surface area contributed by atoms with Gasteiger partial charge in [0.15, 0.2) is 0 Å². The summed E-state index contributed by atoms with van der Waals surface area (Å²) >= 11 is 0. The second-order valence-corrected chi connectivity index (χ2v) is 5.86. The lowest BCUT2D eigenvalue weighted by Crippen LogP contribution is -2.46. The Hall–Kier alpha value is -2.86. The van der Waals surface area contributed by atoms with Crippen molar-refractivity contribution in [3.63, 3.8) is 0 Å². The van der Waals surface area contributed by atoms with Crippen LogP contribution in [0.2, 0.25) is 0 Å². The third-order valence-corrected chi connectivity index (χ3v) is 4.49. The summed E-state index contributed by atoms with van der Waals surface area (Å²) in [5, 5.41) is 7.77. The van der Waals surface area contributed by atoms with Crippen molar-refractivity contribution in [1.82, 2.24) is 14.8 Å². The average Bonchev–Trinajstić information content (AvgIpc) is 3.10. The Bertz CT molecular complexity index is 815. The zero-order chi connectivity index (χ0) is 16.5. The van der Waals surface area contributed by atoms with Crippen LogP contribution >= 0.6 is 0 Å². The molecular weight excluding hydrogens is 302 g/mol. The predicted molar refractivity (Wildman–Crippen MR) is 91.9 cm³/mol. The lowest BCUT2D eigenvalue weighted by molar-refractivity contribution is 0.370. The van der Waals surface area contributed by atoms with Crippen LogP contribution in [0.15, 0.2) is 60.9 Å². The van der Waals surface area contributed by atoms with E-state index in [1.165, 1.54) is 0 Å². The number of rotatable bonds is 3. The molecule has 3 aromatic rings. The first-order valence-electron chi connectivity index (χ1n) is 7.88. The summed E-state index contributed by atoms with van der Waals surface area (Å²) in [5.41, 5.74) is 8.87. The van der Waals surface area contributed by atoms with E-state index in [1.54, 1.807) is 13.4 Å². The molecule has 2 aromatic carbocycles. The summed E-state index contributed by atoms with van der Waals surface area (Å²) in [6, 6.07) is 17.8. The fourth-order valence-corrected chi connectivity index (χ4v) is 3.27. The number of nitrogens with zero attached hydrogens (tertiary/aromatic N) is 3. The fourth-order valence-electron chi connectivity index (χ4n) is 3.27. The van der Waals surface area contributed by atoms with Crippen LogP contribution in [0.5, 0.6) is 5.75 Å². The summed E-state index contributed by atoms with van der Waals surface area (Å²) in [6.45, 7) is 0. The molecule has 0 unspecified atom stereocenters. The van der Waals surface area contributed by atoms with Gasteiger partial charge >= 0.3 is 0 Å². The third-order valence-electron chi connectivity index (χ3n) is 4.49. The van der Waals surface area contributed by atoms with Gasteiger partial charge in [0.2, 0.25) is 5.95 Å². The van der Waals surface area contributed by atoms with E-state index in [0.717, 1.165) is 22.8 Å². The van der Waals surface area contributed by atoms with Crippen LogP contribution in [0, 0.1) is 0 Å². The molecule has 2 heterocycles. The van der Waals surface area contributed by atoms with Gasteiger partial charge in [-0.3, -0.25) is 0 Å². The maximum atomic E-state index is 6.65. The maximum Gasteiger partial charge on any atom is 0.222 e. The van der Waals surface area contributed by atoms with Crippen molar-refractivity contribution in [2.45, 2.75) is 18.1 Å². The zero-order valence-electron chi connectivity index (χ0n) is 13.3. The molecule has 1 aliphatic rings. The highest BCUT2D eigenvalue weighted by molar-refractivity contribution is 5.41. The van der Waals surface area contributed by atoms with Crippen molar-refractivity contribution in [1.29, 1.82) is 0 Å². The maximum absolute atomic E-state index is 6.65. The number of methoxy groups -OCH3 is 1. The smallest absolute Gasteiger partial charge is 0.222 e. The standard InChI is InChI=1S/C18H19N5O/c1-24-14-9-7-13(8-10-14)17-15(19)16(12-5-3-2-4-6-12)22-18-20-11-21-23(17)18/h2-11,15-17H,19H2,1H3,(H,20,21,22)/t15-,16-,17-/m1/s1. The number of hydrogen-bond acceptors (Lipinski definition) is 5. The molecule has 0 aliphatic carbocycles. The van der Waals surface area contributed by atoms with Crippen LogP contribution in [-0.2, 0) is 0 Å². The minimum absolute atomic E-state index is 0.0324. The van der Waals surface area contributed by atoms with Crippen LogP contribution in [0.4, 0.5) is 5.95 Å². The largest absolute Gasteiger partial charge is 0.497 e. The Morgan fingerprint density at radius 2 is 1.79 bits per heavy atom. The molecule has 0 saturated carbocycles. The number of fused-ring (bicyclic) bond motifs is 1. The van der Waals surface area contributed by atoms with Crippen molar-refractivity contribution < 1.29 is 4.74 Å². The molecule has 3 atom stereocenters. The number of nitrogens with two attached hydrogens (primary N) is 1. The summed E-state index contributed by atoms with van der Waals surface area (Å²) in [4.78, 5) is 4.34. The van der Waals surface area contributed by atoms with Crippen LogP contribution in [0.25, 0.3) is 0 Å². The predicted octanol–water partition coefficient (Wildman–Crippen LogP) is 2.37. The van der Waals surface area contributed by atoms with Gasteiger partial charge in [0.05, 0.1) is 25.2 Å². The van der Waals surface area contributed by atoms with E-state index >= 15 is 0 Å². The molecule has 0 bridgehead atoms. The molecule has 0 spiro atoms. The molecular formula is C18H19N5O. The molecule has 0 fully saturated rings. The van der Waals surface area contributed by atoms with E-state index in [9.17, 15) is 0 Å². The van der Waals surface area contributed by atoms with Crippen LogP contribution in [-0.4, -0.2) is 27.9 Å². The van der Waals surface area contributed by atoms with Gasteiger partial charge in [-0.25, -0.2) is 4.68 Å². The van der Waals surface area contributed by atoms with E-state index in [4.69, 9.17) is 10.5 Å². The van der Waals surface area contributed by atoms with E-state index in [1.807, 2.05) is 47.1 Å². The van der Waals surface area contributed by atoms with Crippen molar-refractivity contribution in [2.75, 3.05) is 12.4 Å². The van der Waals surface area contributed by atoms with E-state index in [0.29, 0.717) is 0 Å². The summed E-state index contributed by atoms with van der Waals surface area (Å²) in [6.07, 6.45) is 1.55. The SMILES string of the molecule is COc1ccc([C@@H]2[C@H](N)[C@@H](c3ccccc3)Nc3ncnn32)cc1. The quantitative estimate of drug-likeness (QED) is 0.774. The van der Waals surface area contributed by atoms with E-state index < -0.39 is 0 Å². The van der Waals surface area contributed by atoms with Gasteiger partial charge in [0.25, 0.3) is 0 Å². The Morgan fingerprint density at radius 1 is 1.04 bits per heavy atom. The highest BCUT2D eigenvalue weighted by Crippen LogP contribution is 2.36. The van der Waals surface area contributed by atoms with E-state index in [2.05, 4.69) is 27.5 Å². The second-order valence-electron chi connectivity index (χ2n) is 5.86. The first-order valence-corrected chi connectivity index (χ1v) is 7.88. The Balaban J connectivity index is 1.77. The number of hydrogen-bond donors (Lipinski definition) is 2. The van der Waals surface area contributed by atoms with Gasteiger partial charge in [-0.1, -0.05) is 42.5 Å². The highest BCUT2D eigenvalue weighted by Gasteiger charge is 2.37. The first-order chi connectivity index (χ1) is 11.8. The number of ether oxygens (including phenoxy) is 1. The second kappa shape index (κ2) is 5.98. The number of aromatic nitrogens is 3. The van der Waals surface area contributed by atoms with Crippen LogP contribution in [0.3, 0.4) is 0 Å². The van der Waals surface area contributed by atoms with Gasteiger partial charge in [-0.2, -0.15) is 10.1 Å². The molecule has 6 heteroatoms. The fraction of sp³-hybridized carbons (Fsp3) is 0.222. The summed E-state index contributed by atoms with van der Waals surface area (Å²) in [5.74, 6) is 1.55. The minimum atomic E-state index is -0.185. The molecule has 1 aliphatic heterocycles. The Morgan fingerprint density at radius 3 is 2.50 bits per heavy atom. The topological polar surface area (TPSA) is 78.0 Å². The van der Waals surface area contributed by atoms with Crippen LogP contribution < -0.4 is 15.8 Å². The van der Waals surface area contributed by atoms with Gasteiger partial charge in [-0.05, 0) is 23.3 Å².